The molecule has 0 saturated carbocycles. The summed E-state index contributed by atoms with van der Waals surface area (Å²) in [6.07, 6.45) is 0.412. The van der Waals surface area contributed by atoms with Crippen LogP contribution in [0, 0.1) is 5.92 Å². The zero-order valence-electron chi connectivity index (χ0n) is 7.07. The molecule has 0 heterocycles. The SMILES string of the molecule is CCC(C)C(N)(C(=O)O)C(=O)O. The average Bonchev–Trinajstić information content (AvgIpc) is 2.00. The highest BCUT2D eigenvalue weighted by molar-refractivity contribution is 6.03. The Morgan fingerprint density at radius 3 is 1.83 bits per heavy atom. The number of hydrogen-bond donors (Lipinski definition) is 3. The molecular formula is C7H13NO4. The number of nitrogens with two attached hydrogens (primary N) is 1. The normalized spacial score (nSPS) is 13.9. The van der Waals surface area contributed by atoms with Gasteiger partial charge in [-0.15, -0.1) is 0 Å². The first-order chi connectivity index (χ1) is 5.37. The van der Waals surface area contributed by atoms with Gasteiger partial charge < -0.3 is 15.9 Å². The third-order valence-electron chi connectivity index (χ3n) is 2.10. The first-order valence-electron chi connectivity index (χ1n) is 3.63. The Morgan fingerprint density at radius 1 is 1.42 bits per heavy atom. The molecule has 0 fully saturated rings. The standard InChI is InChI=1S/C7H13NO4/c1-3-4(2)7(8,5(9)10)6(11)12/h4H,3,8H2,1-2H3,(H,9,10)(H,11,12). The van der Waals surface area contributed by atoms with Gasteiger partial charge in [0, 0.05) is 0 Å². The molecule has 0 amide bonds. The van der Waals surface area contributed by atoms with Gasteiger partial charge in [-0.1, -0.05) is 20.3 Å². The number of carbonyl (C=O) groups is 2. The van der Waals surface area contributed by atoms with E-state index in [0.717, 1.165) is 0 Å². The van der Waals surface area contributed by atoms with E-state index < -0.39 is 23.4 Å². The van der Waals surface area contributed by atoms with Gasteiger partial charge in [0.1, 0.15) is 0 Å². The molecule has 5 nitrogen and oxygen atoms in total. The van der Waals surface area contributed by atoms with Crippen molar-refractivity contribution < 1.29 is 19.8 Å². The summed E-state index contributed by atoms with van der Waals surface area (Å²) in [6.45, 7) is 3.19. The molecule has 1 unspecified atom stereocenters. The van der Waals surface area contributed by atoms with E-state index in [4.69, 9.17) is 15.9 Å². The molecule has 0 saturated heterocycles. The third kappa shape index (κ3) is 1.55. The molecule has 4 N–H and O–H groups in total. The first-order valence-corrected chi connectivity index (χ1v) is 3.63. The molecular weight excluding hydrogens is 162 g/mol. The van der Waals surface area contributed by atoms with Crippen LogP contribution in [0.5, 0.6) is 0 Å². The van der Waals surface area contributed by atoms with Gasteiger partial charge >= 0.3 is 11.9 Å². The molecule has 70 valence electrons. The highest BCUT2D eigenvalue weighted by Gasteiger charge is 2.46. The van der Waals surface area contributed by atoms with Crippen LogP contribution in [0.25, 0.3) is 0 Å². The summed E-state index contributed by atoms with van der Waals surface area (Å²) in [6, 6.07) is 0. The van der Waals surface area contributed by atoms with Crippen molar-refractivity contribution in [2.75, 3.05) is 0 Å². The lowest BCUT2D eigenvalue weighted by atomic mass is 9.84. The molecule has 12 heavy (non-hydrogen) atoms. The number of carboxylic acids is 2. The van der Waals surface area contributed by atoms with Gasteiger partial charge in [0.2, 0.25) is 5.54 Å². The largest absolute Gasteiger partial charge is 0.479 e. The molecule has 0 radical (unpaired) electrons. The van der Waals surface area contributed by atoms with Crippen LogP contribution < -0.4 is 5.73 Å². The fourth-order valence-corrected chi connectivity index (χ4v) is 0.835. The van der Waals surface area contributed by atoms with E-state index in [1.807, 2.05) is 0 Å². The van der Waals surface area contributed by atoms with Crippen molar-refractivity contribution >= 4 is 11.9 Å². The molecule has 0 spiro atoms. The summed E-state index contributed by atoms with van der Waals surface area (Å²) in [5.74, 6) is -3.58. The second kappa shape index (κ2) is 3.53. The second-order valence-corrected chi connectivity index (χ2v) is 2.79. The molecule has 1 atom stereocenters. The molecule has 5 heteroatoms. The van der Waals surface area contributed by atoms with E-state index in [2.05, 4.69) is 0 Å². The fourth-order valence-electron chi connectivity index (χ4n) is 0.835. The lowest BCUT2D eigenvalue weighted by molar-refractivity contribution is -0.159. The maximum atomic E-state index is 10.6. The Hall–Kier alpha value is -1.10. The van der Waals surface area contributed by atoms with Gasteiger partial charge in [-0.3, -0.25) is 0 Å². The van der Waals surface area contributed by atoms with Gasteiger partial charge in [0.15, 0.2) is 0 Å². The van der Waals surface area contributed by atoms with Crippen LogP contribution in [0.15, 0.2) is 0 Å². The van der Waals surface area contributed by atoms with Crippen molar-refractivity contribution in [1.82, 2.24) is 0 Å². The van der Waals surface area contributed by atoms with Gasteiger partial charge in [-0.25, -0.2) is 9.59 Å². The predicted molar refractivity (Wildman–Crippen MR) is 41.6 cm³/mol. The molecule has 0 aromatic carbocycles. The number of hydrogen-bond acceptors (Lipinski definition) is 3. The van der Waals surface area contributed by atoms with E-state index in [-0.39, 0.29) is 0 Å². The molecule has 0 aromatic heterocycles. The van der Waals surface area contributed by atoms with Crippen LogP contribution in [0.3, 0.4) is 0 Å². The monoisotopic (exact) mass is 175 g/mol. The van der Waals surface area contributed by atoms with Crippen molar-refractivity contribution in [2.45, 2.75) is 25.8 Å². The zero-order valence-corrected chi connectivity index (χ0v) is 7.07. The number of rotatable bonds is 4. The molecule has 0 aromatic rings. The van der Waals surface area contributed by atoms with Crippen molar-refractivity contribution in [1.29, 1.82) is 0 Å². The Balaban J connectivity index is 4.87. The average molecular weight is 175 g/mol. The molecule has 0 aliphatic carbocycles. The van der Waals surface area contributed by atoms with E-state index in [1.165, 1.54) is 6.92 Å². The Kier molecular flexibility index (Phi) is 3.21. The highest BCUT2D eigenvalue weighted by atomic mass is 16.4. The smallest absolute Gasteiger partial charge is 0.335 e. The third-order valence-corrected chi connectivity index (χ3v) is 2.10. The van der Waals surface area contributed by atoms with Gasteiger partial charge in [0.05, 0.1) is 0 Å². The van der Waals surface area contributed by atoms with Crippen LogP contribution in [0.1, 0.15) is 20.3 Å². The molecule has 0 aliphatic rings. The quantitative estimate of drug-likeness (QED) is 0.518. The summed E-state index contributed by atoms with van der Waals surface area (Å²) in [5, 5.41) is 17.2. The highest BCUT2D eigenvalue weighted by Crippen LogP contribution is 2.18. The Labute approximate surface area is 70.2 Å². The summed E-state index contributed by atoms with van der Waals surface area (Å²) in [7, 11) is 0. The van der Waals surface area contributed by atoms with Gasteiger partial charge in [0.25, 0.3) is 0 Å². The summed E-state index contributed by atoms with van der Waals surface area (Å²) in [4.78, 5) is 21.1. The van der Waals surface area contributed by atoms with Crippen molar-refractivity contribution in [3.63, 3.8) is 0 Å². The van der Waals surface area contributed by atoms with E-state index in [0.29, 0.717) is 6.42 Å². The number of aliphatic carboxylic acids is 2. The van der Waals surface area contributed by atoms with Gasteiger partial charge in [-0.2, -0.15) is 0 Å². The second-order valence-electron chi connectivity index (χ2n) is 2.79. The lowest BCUT2D eigenvalue weighted by Gasteiger charge is -2.25. The fraction of sp³-hybridized carbons (Fsp3) is 0.714. The van der Waals surface area contributed by atoms with Crippen LogP contribution in [0.4, 0.5) is 0 Å². The number of carboxylic acid groups (broad SMARTS) is 2. The zero-order chi connectivity index (χ0) is 9.94. The molecule has 0 aliphatic heterocycles. The Morgan fingerprint density at radius 2 is 1.75 bits per heavy atom. The van der Waals surface area contributed by atoms with Crippen molar-refractivity contribution in [3.05, 3.63) is 0 Å². The minimum Gasteiger partial charge on any atom is -0.479 e. The first kappa shape index (κ1) is 10.9. The van der Waals surface area contributed by atoms with Crippen LogP contribution in [-0.4, -0.2) is 27.7 Å². The minimum absolute atomic E-state index is 0.412. The molecule has 0 rings (SSSR count). The van der Waals surface area contributed by atoms with Gasteiger partial charge in [-0.05, 0) is 5.92 Å². The van der Waals surface area contributed by atoms with Crippen molar-refractivity contribution in [3.8, 4) is 0 Å². The van der Waals surface area contributed by atoms with E-state index in [9.17, 15) is 9.59 Å². The van der Waals surface area contributed by atoms with Crippen LogP contribution in [-0.2, 0) is 9.59 Å². The summed E-state index contributed by atoms with van der Waals surface area (Å²) in [5.41, 5.74) is 3.08. The summed E-state index contributed by atoms with van der Waals surface area (Å²) >= 11 is 0. The van der Waals surface area contributed by atoms with E-state index in [1.54, 1.807) is 6.92 Å². The van der Waals surface area contributed by atoms with Crippen LogP contribution in [0.2, 0.25) is 0 Å². The summed E-state index contributed by atoms with van der Waals surface area (Å²) < 4.78 is 0. The Bertz CT molecular complexity index is 188. The molecule has 0 bridgehead atoms. The van der Waals surface area contributed by atoms with Crippen LogP contribution >= 0.6 is 0 Å². The lowest BCUT2D eigenvalue weighted by Crippen LogP contribution is -2.59. The topological polar surface area (TPSA) is 101 Å². The van der Waals surface area contributed by atoms with E-state index >= 15 is 0 Å². The predicted octanol–water partition coefficient (Wildman–Crippen LogP) is -0.101. The minimum atomic E-state index is -2.16. The maximum Gasteiger partial charge on any atom is 0.335 e. The van der Waals surface area contributed by atoms with Crippen molar-refractivity contribution in [2.24, 2.45) is 11.7 Å². The maximum absolute atomic E-state index is 10.6.